The maximum absolute atomic E-state index is 12.9. The Kier molecular flexibility index (Phi) is 4.22. The summed E-state index contributed by atoms with van der Waals surface area (Å²) in [4.78, 5) is 0. The van der Waals surface area contributed by atoms with E-state index in [-0.39, 0.29) is 12.8 Å². The quantitative estimate of drug-likeness (QED) is 0.822. The average molecular weight is 264 g/mol. The molecule has 0 aromatic carbocycles. The summed E-state index contributed by atoms with van der Waals surface area (Å²) in [5.74, 6) is -1.18. The van der Waals surface area contributed by atoms with Gasteiger partial charge in [0.2, 0.25) is 0 Å². The Bertz CT molecular complexity index is 274. The highest BCUT2D eigenvalue weighted by Gasteiger charge is 2.47. The molecule has 0 radical (unpaired) electrons. The van der Waals surface area contributed by atoms with Crippen molar-refractivity contribution < 1.29 is 13.2 Å². The SMILES string of the molecule is NCC1(NC2CCCC2)CCCC(C(F)(F)F)C1. The molecule has 2 fully saturated rings. The highest BCUT2D eigenvalue weighted by Crippen LogP contribution is 2.42. The third-order valence-corrected chi connectivity index (χ3v) is 4.56. The van der Waals surface area contributed by atoms with Gasteiger partial charge in [0.1, 0.15) is 0 Å². The predicted molar refractivity (Wildman–Crippen MR) is 65.2 cm³/mol. The van der Waals surface area contributed by atoms with Crippen LogP contribution in [0.5, 0.6) is 0 Å². The number of nitrogens with one attached hydrogen (secondary N) is 1. The molecule has 5 heteroatoms. The van der Waals surface area contributed by atoms with Gasteiger partial charge >= 0.3 is 6.18 Å². The van der Waals surface area contributed by atoms with Crippen LogP contribution in [-0.4, -0.2) is 24.3 Å². The molecule has 0 aromatic heterocycles. The van der Waals surface area contributed by atoms with E-state index in [1.54, 1.807) is 0 Å². The van der Waals surface area contributed by atoms with Crippen molar-refractivity contribution in [2.45, 2.75) is 69.1 Å². The van der Waals surface area contributed by atoms with Crippen LogP contribution in [-0.2, 0) is 0 Å². The highest BCUT2D eigenvalue weighted by molar-refractivity contribution is 4.98. The van der Waals surface area contributed by atoms with Crippen molar-refractivity contribution in [1.82, 2.24) is 5.32 Å². The van der Waals surface area contributed by atoms with Crippen molar-refractivity contribution in [3.63, 3.8) is 0 Å². The number of alkyl halides is 3. The highest BCUT2D eigenvalue weighted by atomic mass is 19.4. The molecule has 2 nitrogen and oxygen atoms in total. The number of hydrogen-bond acceptors (Lipinski definition) is 2. The molecule has 2 aliphatic rings. The molecule has 0 saturated heterocycles. The number of halogens is 3. The van der Waals surface area contributed by atoms with Gasteiger partial charge in [0, 0.05) is 18.1 Å². The van der Waals surface area contributed by atoms with E-state index in [2.05, 4.69) is 5.32 Å². The minimum Gasteiger partial charge on any atom is -0.329 e. The molecule has 2 unspecified atom stereocenters. The summed E-state index contributed by atoms with van der Waals surface area (Å²) in [6, 6.07) is 0.375. The Morgan fingerprint density at radius 2 is 1.78 bits per heavy atom. The van der Waals surface area contributed by atoms with Gasteiger partial charge in [-0.2, -0.15) is 13.2 Å². The second kappa shape index (κ2) is 5.37. The normalized spacial score (nSPS) is 35.0. The van der Waals surface area contributed by atoms with Gasteiger partial charge in [-0.25, -0.2) is 0 Å². The fraction of sp³-hybridized carbons (Fsp3) is 1.00. The molecular formula is C13H23F3N2. The third kappa shape index (κ3) is 3.18. The molecule has 3 N–H and O–H groups in total. The van der Waals surface area contributed by atoms with Crippen molar-refractivity contribution in [1.29, 1.82) is 0 Å². The van der Waals surface area contributed by atoms with E-state index < -0.39 is 17.6 Å². The molecule has 0 aliphatic heterocycles. The van der Waals surface area contributed by atoms with Gasteiger partial charge in [-0.15, -0.1) is 0 Å². The van der Waals surface area contributed by atoms with Gasteiger partial charge in [0.15, 0.2) is 0 Å². The zero-order valence-corrected chi connectivity index (χ0v) is 10.7. The van der Waals surface area contributed by atoms with E-state index in [0.29, 0.717) is 19.0 Å². The van der Waals surface area contributed by atoms with Crippen LogP contribution in [0.15, 0.2) is 0 Å². The summed E-state index contributed by atoms with van der Waals surface area (Å²) >= 11 is 0. The maximum Gasteiger partial charge on any atom is 0.391 e. The van der Waals surface area contributed by atoms with Crippen molar-refractivity contribution >= 4 is 0 Å². The fourth-order valence-corrected chi connectivity index (χ4v) is 3.52. The monoisotopic (exact) mass is 264 g/mol. The topological polar surface area (TPSA) is 38.0 Å². The fourth-order valence-electron chi connectivity index (χ4n) is 3.52. The Balaban J connectivity index is 2.01. The minimum atomic E-state index is -4.07. The molecule has 2 saturated carbocycles. The lowest BCUT2D eigenvalue weighted by Crippen LogP contribution is -2.58. The zero-order chi connectivity index (χ0) is 13.2. The minimum absolute atomic E-state index is 0.156. The molecule has 0 heterocycles. The summed E-state index contributed by atoms with van der Waals surface area (Å²) in [5, 5.41) is 3.46. The van der Waals surface area contributed by atoms with E-state index in [0.717, 1.165) is 19.3 Å². The van der Waals surface area contributed by atoms with Gasteiger partial charge in [-0.05, 0) is 32.1 Å². The first-order valence-electron chi connectivity index (χ1n) is 7.00. The van der Waals surface area contributed by atoms with Gasteiger partial charge in [0.25, 0.3) is 0 Å². The third-order valence-electron chi connectivity index (χ3n) is 4.56. The average Bonchev–Trinajstić information content (AvgIpc) is 2.81. The van der Waals surface area contributed by atoms with Gasteiger partial charge in [-0.3, -0.25) is 0 Å². The smallest absolute Gasteiger partial charge is 0.329 e. The summed E-state index contributed by atoms with van der Waals surface area (Å²) < 4.78 is 38.6. The summed E-state index contributed by atoms with van der Waals surface area (Å²) in [6.07, 6.45) is 2.28. The Labute approximate surface area is 106 Å². The van der Waals surface area contributed by atoms with Crippen LogP contribution >= 0.6 is 0 Å². The molecule has 106 valence electrons. The number of nitrogens with two attached hydrogens (primary N) is 1. The molecular weight excluding hydrogens is 241 g/mol. The Morgan fingerprint density at radius 1 is 1.11 bits per heavy atom. The van der Waals surface area contributed by atoms with Gasteiger partial charge in [-0.1, -0.05) is 19.3 Å². The standard InChI is InChI=1S/C13H23F3N2/c14-13(15,16)10-4-3-7-12(8-10,9-17)18-11-5-1-2-6-11/h10-11,18H,1-9,17H2. The first-order chi connectivity index (χ1) is 8.45. The van der Waals surface area contributed by atoms with E-state index in [1.165, 1.54) is 12.8 Å². The molecule has 2 rings (SSSR count). The maximum atomic E-state index is 12.9. The van der Waals surface area contributed by atoms with Crippen molar-refractivity contribution in [3.8, 4) is 0 Å². The van der Waals surface area contributed by atoms with E-state index in [1.807, 2.05) is 0 Å². The zero-order valence-electron chi connectivity index (χ0n) is 10.7. The summed E-state index contributed by atoms with van der Waals surface area (Å²) in [6.45, 7) is 0.316. The van der Waals surface area contributed by atoms with Crippen molar-refractivity contribution in [2.24, 2.45) is 11.7 Å². The summed E-state index contributed by atoms with van der Waals surface area (Å²) in [7, 11) is 0. The van der Waals surface area contributed by atoms with Gasteiger partial charge in [0.05, 0.1) is 5.92 Å². The predicted octanol–water partition coefficient (Wildman–Crippen LogP) is 2.97. The van der Waals surface area contributed by atoms with Crippen LogP contribution < -0.4 is 11.1 Å². The van der Waals surface area contributed by atoms with E-state index in [4.69, 9.17) is 5.73 Å². The lowest BCUT2D eigenvalue weighted by molar-refractivity contribution is -0.188. The molecule has 18 heavy (non-hydrogen) atoms. The second-order valence-corrected chi connectivity index (χ2v) is 5.95. The van der Waals surface area contributed by atoms with E-state index in [9.17, 15) is 13.2 Å². The lowest BCUT2D eigenvalue weighted by atomic mass is 9.75. The molecule has 0 aromatic rings. The molecule has 0 bridgehead atoms. The first-order valence-corrected chi connectivity index (χ1v) is 7.00. The molecule has 2 atom stereocenters. The van der Waals surface area contributed by atoms with Gasteiger partial charge < -0.3 is 11.1 Å². The van der Waals surface area contributed by atoms with Crippen LogP contribution in [0.2, 0.25) is 0 Å². The molecule has 0 spiro atoms. The van der Waals surface area contributed by atoms with E-state index >= 15 is 0 Å². The Morgan fingerprint density at radius 3 is 2.33 bits per heavy atom. The Hall–Kier alpha value is -0.290. The molecule has 0 amide bonds. The van der Waals surface area contributed by atoms with Crippen LogP contribution in [0.3, 0.4) is 0 Å². The molecule has 2 aliphatic carbocycles. The number of hydrogen-bond donors (Lipinski definition) is 2. The number of rotatable bonds is 3. The summed E-state index contributed by atoms with van der Waals surface area (Å²) in [5.41, 5.74) is 5.31. The van der Waals surface area contributed by atoms with Crippen LogP contribution in [0.25, 0.3) is 0 Å². The lowest BCUT2D eigenvalue weighted by Gasteiger charge is -2.43. The van der Waals surface area contributed by atoms with Crippen LogP contribution in [0.1, 0.15) is 51.4 Å². The van der Waals surface area contributed by atoms with Crippen molar-refractivity contribution in [2.75, 3.05) is 6.54 Å². The van der Waals surface area contributed by atoms with Crippen molar-refractivity contribution in [3.05, 3.63) is 0 Å². The van der Waals surface area contributed by atoms with Crippen LogP contribution in [0, 0.1) is 5.92 Å². The first kappa shape index (κ1) is 14.1. The largest absolute Gasteiger partial charge is 0.391 e. The van der Waals surface area contributed by atoms with Crippen LogP contribution in [0.4, 0.5) is 13.2 Å². The second-order valence-electron chi connectivity index (χ2n) is 5.95.